The lowest BCUT2D eigenvalue weighted by Gasteiger charge is -2.16. The Morgan fingerprint density at radius 1 is 1.25 bits per heavy atom. The third kappa shape index (κ3) is 6.24. The summed E-state index contributed by atoms with van der Waals surface area (Å²) in [6.07, 6.45) is -0.389. The molecule has 0 radical (unpaired) electrons. The topological polar surface area (TPSA) is 88.9 Å². The molecule has 32 heavy (non-hydrogen) atoms. The van der Waals surface area contributed by atoms with Crippen LogP contribution >= 0.6 is 11.8 Å². The van der Waals surface area contributed by atoms with E-state index in [2.05, 4.69) is 20.8 Å². The molecule has 0 saturated heterocycles. The number of aromatic nitrogens is 3. The standard InChI is InChI=1S/C21H26F3N5O2S/c1-3-29-17(12-18(30)25-16-10-6-7-14(11-16)21(22,23)24)27-28-20(29)32-13(2)19(31)26-15-8-4-5-9-15/h6-7,10-11,13,15H,3-5,8-9,12H2,1-2H3,(H,25,30)(H,26,31)/t13-/m0/s1. The number of halogens is 3. The second kappa shape index (κ2) is 10.4. The van der Waals surface area contributed by atoms with E-state index < -0.39 is 17.6 Å². The molecule has 0 spiro atoms. The third-order valence-corrected chi connectivity index (χ3v) is 6.34. The minimum Gasteiger partial charge on any atom is -0.352 e. The normalized spacial score (nSPS) is 15.5. The van der Waals surface area contributed by atoms with E-state index >= 15 is 0 Å². The van der Waals surface area contributed by atoms with E-state index in [1.807, 2.05) is 6.92 Å². The van der Waals surface area contributed by atoms with Crippen LogP contribution in [0.15, 0.2) is 29.4 Å². The molecule has 174 valence electrons. The van der Waals surface area contributed by atoms with Gasteiger partial charge in [0, 0.05) is 18.3 Å². The maximum absolute atomic E-state index is 12.9. The molecule has 2 N–H and O–H groups in total. The van der Waals surface area contributed by atoms with Crippen molar-refractivity contribution in [1.29, 1.82) is 0 Å². The van der Waals surface area contributed by atoms with Gasteiger partial charge in [-0.05, 0) is 44.9 Å². The third-order valence-electron chi connectivity index (χ3n) is 5.25. The van der Waals surface area contributed by atoms with E-state index in [-0.39, 0.29) is 29.3 Å². The number of carbonyl (C=O) groups excluding carboxylic acids is 2. The van der Waals surface area contributed by atoms with Gasteiger partial charge in [0.2, 0.25) is 11.8 Å². The summed E-state index contributed by atoms with van der Waals surface area (Å²) < 4.78 is 40.3. The van der Waals surface area contributed by atoms with Crippen molar-refractivity contribution < 1.29 is 22.8 Å². The lowest BCUT2D eigenvalue weighted by atomic mass is 10.2. The van der Waals surface area contributed by atoms with E-state index in [9.17, 15) is 22.8 Å². The van der Waals surface area contributed by atoms with Gasteiger partial charge >= 0.3 is 6.18 Å². The molecule has 1 aromatic heterocycles. The number of benzene rings is 1. The molecule has 0 aliphatic heterocycles. The summed E-state index contributed by atoms with van der Waals surface area (Å²) in [7, 11) is 0. The Labute approximate surface area is 188 Å². The van der Waals surface area contributed by atoms with Gasteiger partial charge in [-0.25, -0.2) is 0 Å². The van der Waals surface area contributed by atoms with E-state index in [0.29, 0.717) is 17.5 Å². The van der Waals surface area contributed by atoms with E-state index in [4.69, 9.17) is 0 Å². The van der Waals surface area contributed by atoms with E-state index in [1.54, 1.807) is 11.5 Å². The molecule has 11 heteroatoms. The Balaban J connectivity index is 1.61. The predicted molar refractivity (Wildman–Crippen MR) is 115 cm³/mol. The van der Waals surface area contributed by atoms with Crippen LogP contribution in [0.1, 0.15) is 50.9 Å². The van der Waals surface area contributed by atoms with Gasteiger partial charge < -0.3 is 15.2 Å². The molecule has 2 aromatic rings. The van der Waals surface area contributed by atoms with Crippen LogP contribution in [0.2, 0.25) is 0 Å². The van der Waals surface area contributed by atoms with Crippen LogP contribution < -0.4 is 10.6 Å². The van der Waals surface area contributed by atoms with Gasteiger partial charge in [0.25, 0.3) is 0 Å². The van der Waals surface area contributed by atoms with Crippen molar-refractivity contribution in [3.63, 3.8) is 0 Å². The molecular weight excluding hydrogens is 443 g/mol. The molecule has 0 unspecified atom stereocenters. The number of amides is 2. The highest BCUT2D eigenvalue weighted by Crippen LogP contribution is 2.30. The molecule has 7 nitrogen and oxygen atoms in total. The first-order valence-corrected chi connectivity index (χ1v) is 11.4. The minimum atomic E-state index is -4.49. The Bertz CT molecular complexity index is 957. The SMILES string of the molecule is CCn1c(CC(=O)Nc2cccc(C(F)(F)F)c2)nnc1S[C@@H](C)C(=O)NC1CCCC1. The zero-order valence-corrected chi connectivity index (χ0v) is 18.7. The molecule has 1 aromatic carbocycles. The summed E-state index contributed by atoms with van der Waals surface area (Å²) in [5.41, 5.74) is -0.783. The van der Waals surface area contributed by atoms with Crippen LogP contribution in [0.25, 0.3) is 0 Å². The van der Waals surface area contributed by atoms with Crippen molar-refractivity contribution in [2.75, 3.05) is 5.32 Å². The van der Waals surface area contributed by atoms with Gasteiger partial charge in [0.05, 0.1) is 17.2 Å². The highest BCUT2D eigenvalue weighted by molar-refractivity contribution is 8.00. The molecule has 1 heterocycles. The molecule has 1 aliphatic rings. The van der Waals surface area contributed by atoms with Crippen LogP contribution in [-0.2, 0) is 28.7 Å². The number of nitrogens with zero attached hydrogens (tertiary/aromatic N) is 3. The van der Waals surface area contributed by atoms with E-state index in [1.165, 1.54) is 23.9 Å². The lowest BCUT2D eigenvalue weighted by molar-refractivity contribution is -0.137. The molecular formula is C21H26F3N5O2S. The van der Waals surface area contributed by atoms with Crippen LogP contribution in [0.3, 0.4) is 0 Å². The van der Waals surface area contributed by atoms with Crippen molar-refractivity contribution in [2.24, 2.45) is 0 Å². The van der Waals surface area contributed by atoms with Gasteiger partial charge in [0.1, 0.15) is 5.82 Å². The number of nitrogens with one attached hydrogen (secondary N) is 2. The van der Waals surface area contributed by atoms with Gasteiger partial charge in [-0.3, -0.25) is 9.59 Å². The predicted octanol–water partition coefficient (Wildman–Crippen LogP) is 4.04. The fourth-order valence-corrected chi connectivity index (χ4v) is 4.52. The largest absolute Gasteiger partial charge is 0.416 e. The average Bonchev–Trinajstić information content (AvgIpc) is 3.37. The molecule has 3 rings (SSSR count). The van der Waals surface area contributed by atoms with Crippen molar-refractivity contribution in [3.8, 4) is 0 Å². The number of anilines is 1. The minimum absolute atomic E-state index is 0.0548. The molecule has 1 aliphatic carbocycles. The van der Waals surface area contributed by atoms with Gasteiger partial charge in [-0.1, -0.05) is 30.7 Å². The second-order valence-corrected chi connectivity index (χ2v) is 9.00. The Kier molecular flexibility index (Phi) is 7.81. The maximum atomic E-state index is 12.9. The fourth-order valence-electron chi connectivity index (χ4n) is 3.58. The smallest absolute Gasteiger partial charge is 0.352 e. The fraction of sp³-hybridized carbons (Fsp3) is 0.524. The van der Waals surface area contributed by atoms with Crippen LogP contribution in [-0.4, -0.2) is 37.9 Å². The zero-order valence-electron chi connectivity index (χ0n) is 17.9. The lowest BCUT2D eigenvalue weighted by Crippen LogP contribution is -2.37. The van der Waals surface area contributed by atoms with Gasteiger partial charge in [-0.2, -0.15) is 13.2 Å². The van der Waals surface area contributed by atoms with Crippen molar-refractivity contribution >= 4 is 29.3 Å². The monoisotopic (exact) mass is 469 g/mol. The summed E-state index contributed by atoms with van der Waals surface area (Å²) in [6.45, 7) is 4.15. The summed E-state index contributed by atoms with van der Waals surface area (Å²) >= 11 is 1.26. The summed E-state index contributed by atoms with van der Waals surface area (Å²) in [5, 5.41) is 13.8. The molecule has 1 atom stereocenters. The highest BCUT2D eigenvalue weighted by atomic mass is 32.2. The van der Waals surface area contributed by atoms with E-state index in [0.717, 1.165) is 37.8 Å². The summed E-state index contributed by atoms with van der Waals surface area (Å²) in [5.74, 6) is -0.186. The van der Waals surface area contributed by atoms with Gasteiger partial charge in [0.15, 0.2) is 5.16 Å². The van der Waals surface area contributed by atoms with Crippen molar-refractivity contribution in [3.05, 3.63) is 35.7 Å². The molecule has 1 saturated carbocycles. The maximum Gasteiger partial charge on any atom is 0.416 e. The Morgan fingerprint density at radius 3 is 2.62 bits per heavy atom. The Morgan fingerprint density at radius 2 is 1.97 bits per heavy atom. The summed E-state index contributed by atoms with van der Waals surface area (Å²) in [4.78, 5) is 24.9. The molecule has 0 bridgehead atoms. The van der Waals surface area contributed by atoms with Gasteiger partial charge in [-0.15, -0.1) is 10.2 Å². The number of rotatable bonds is 8. The number of hydrogen-bond donors (Lipinski definition) is 2. The Hall–Kier alpha value is -2.56. The first kappa shape index (κ1) is 24.1. The second-order valence-electron chi connectivity index (χ2n) is 7.70. The molecule has 2 amide bonds. The molecule has 1 fully saturated rings. The van der Waals surface area contributed by atoms with Crippen molar-refractivity contribution in [1.82, 2.24) is 20.1 Å². The quantitative estimate of drug-likeness (QED) is 0.570. The number of thioether (sulfide) groups is 1. The van der Waals surface area contributed by atoms with Crippen molar-refractivity contribution in [2.45, 2.75) is 75.1 Å². The number of alkyl halides is 3. The first-order chi connectivity index (χ1) is 15.2. The summed E-state index contributed by atoms with van der Waals surface area (Å²) in [6, 6.07) is 4.68. The number of carbonyl (C=O) groups is 2. The number of hydrogen-bond acceptors (Lipinski definition) is 5. The highest BCUT2D eigenvalue weighted by Gasteiger charge is 2.30. The zero-order chi connectivity index (χ0) is 23.3. The first-order valence-electron chi connectivity index (χ1n) is 10.5. The van der Waals surface area contributed by atoms with Crippen LogP contribution in [0.5, 0.6) is 0 Å². The van der Waals surface area contributed by atoms with Crippen LogP contribution in [0, 0.1) is 0 Å². The average molecular weight is 470 g/mol. The van der Waals surface area contributed by atoms with Crippen LogP contribution in [0.4, 0.5) is 18.9 Å².